The lowest BCUT2D eigenvalue weighted by molar-refractivity contribution is 0.205. The second-order valence-electron chi connectivity index (χ2n) is 5.80. The normalized spacial score (nSPS) is 12.0. The largest absolute Gasteiger partial charge is 0.353 e. The summed E-state index contributed by atoms with van der Waals surface area (Å²) in [5, 5.41) is 2.99. The monoisotopic (exact) mass is 299 g/mol. The first-order valence-electron chi connectivity index (χ1n) is 7.72. The van der Waals surface area contributed by atoms with Crippen molar-refractivity contribution in [2.24, 2.45) is 7.05 Å². The molecular formula is C18H25N3O. The van der Waals surface area contributed by atoms with Gasteiger partial charge < -0.3 is 14.8 Å². The summed E-state index contributed by atoms with van der Waals surface area (Å²) in [6.07, 6.45) is 2.93. The van der Waals surface area contributed by atoms with Crippen molar-refractivity contribution in [3.8, 4) is 0 Å². The lowest BCUT2D eigenvalue weighted by Crippen LogP contribution is -2.37. The van der Waals surface area contributed by atoms with E-state index in [1.54, 1.807) is 4.90 Å². The molecule has 0 spiro atoms. The third kappa shape index (κ3) is 4.38. The Morgan fingerprint density at radius 3 is 2.59 bits per heavy atom. The molecule has 0 aliphatic heterocycles. The minimum absolute atomic E-state index is 0.0264. The fraction of sp³-hybridized carbons (Fsp3) is 0.389. The summed E-state index contributed by atoms with van der Waals surface area (Å²) in [7, 11) is 3.81. The van der Waals surface area contributed by atoms with Gasteiger partial charge in [0.1, 0.15) is 0 Å². The number of urea groups is 1. The topological polar surface area (TPSA) is 37.3 Å². The maximum absolute atomic E-state index is 12.1. The maximum Gasteiger partial charge on any atom is 0.317 e. The molecule has 0 saturated heterocycles. The Balaban J connectivity index is 1.74. The van der Waals surface area contributed by atoms with Crippen LogP contribution in [0.3, 0.4) is 0 Å². The number of aromatic nitrogens is 1. The highest BCUT2D eigenvalue weighted by Gasteiger charge is 2.11. The Labute approximate surface area is 132 Å². The van der Waals surface area contributed by atoms with Gasteiger partial charge >= 0.3 is 6.03 Å². The number of amides is 2. The molecule has 0 fully saturated rings. The Kier molecular flexibility index (Phi) is 5.64. The second kappa shape index (κ2) is 7.69. The van der Waals surface area contributed by atoms with Crippen molar-refractivity contribution in [1.82, 2.24) is 14.8 Å². The van der Waals surface area contributed by atoms with Crippen LogP contribution < -0.4 is 5.32 Å². The third-order valence-electron chi connectivity index (χ3n) is 4.02. The van der Waals surface area contributed by atoms with Crippen molar-refractivity contribution >= 4 is 6.03 Å². The van der Waals surface area contributed by atoms with Crippen LogP contribution in [0, 0.1) is 0 Å². The number of nitrogens with one attached hydrogen (secondary N) is 1. The first kappa shape index (κ1) is 16.1. The highest BCUT2D eigenvalue weighted by molar-refractivity contribution is 5.73. The van der Waals surface area contributed by atoms with Crippen molar-refractivity contribution in [3.63, 3.8) is 0 Å². The van der Waals surface area contributed by atoms with E-state index in [0.717, 1.165) is 12.1 Å². The summed E-state index contributed by atoms with van der Waals surface area (Å²) in [6.45, 7) is 3.49. The molecule has 2 aromatic rings. The van der Waals surface area contributed by atoms with Gasteiger partial charge in [0.25, 0.3) is 0 Å². The molecule has 0 unspecified atom stereocenters. The van der Waals surface area contributed by atoms with Crippen molar-refractivity contribution in [2.75, 3.05) is 13.6 Å². The average Bonchev–Trinajstić information content (AvgIpc) is 2.93. The lowest BCUT2D eigenvalue weighted by Gasteiger charge is -2.19. The van der Waals surface area contributed by atoms with Crippen LogP contribution in [-0.4, -0.2) is 29.1 Å². The van der Waals surface area contributed by atoms with E-state index in [2.05, 4.69) is 36.5 Å². The van der Waals surface area contributed by atoms with Gasteiger partial charge in [-0.25, -0.2) is 4.79 Å². The number of benzene rings is 1. The smallest absolute Gasteiger partial charge is 0.317 e. The molecule has 22 heavy (non-hydrogen) atoms. The zero-order chi connectivity index (χ0) is 15.9. The van der Waals surface area contributed by atoms with E-state index in [1.807, 2.05) is 43.1 Å². The number of hydrogen-bond acceptors (Lipinski definition) is 1. The van der Waals surface area contributed by atoms with Crippen molar-refractivity contribution in [3.05, 3.63) is 59.9 Å². The average molecular weight is 299 g/mol. The quantitative estimate of drug-likeness (QED) is 0.872. The Morgan fingerprint density at radius 2 is 1.95 bits per heavy atom. The molecule has 1 aromatic carbocycles. The molecule has 1 heterocycles. The fourth-order valence-electron chi connectivity index (χ4n) is 2.45. The molecule has 1 N–H and O–H groups in total. The van der Waals surface area contributed by atoms with Crippen molar-refractivity contribution in [1.29, 1.82) is 0 Å². The van der Waals surface area contributed by atoms with E-state index >= 15 is 0 Å². The van der Waals surface area contributed by atoms with Gasteiger partial charge in [0.2, 0.25) is 0 Å². The molecule has 0 aliphatic carbocycles. The molecule has 2 amide bonds. The lowest BCUT2D eigenvalue weighted by atomic mass is 9.98. The van der Waals surface area contributed by atoms with E-state index in [-0.39, 0.29) is 6.03 Å². The minimum atomic E-state index is -0.0264. The Morgan fingerprint density at radius 1 is 1.23 bits per heavy atom. The van der Waals surface area contributed by atoms with E-state index in [9.17, 15) is 4.79 Å². The van der Waals surface area contributed by atoms with Gasteiger partial charge in [-0.05, 0) is 30.0 Å². The Hall–Kier alpha value is -2.23. The molecule has 2 rings (SSSR count). The van der Waals surface area contributed by atoms with Gasteiger partial charge in [0.15, 0.2) is 0 Å². The minimum Gasteiger partial charge on any atom is -0.353 e. The number of aryl methyl sites for hydroxylation is 1. The van der Waals surface area contributed by atoms with Crippen LogP contribution in [0.2, 0.25) is 0 Å². The summed E-state index contributed by atoms with van der Waals surface area (Å²) in [5.74, 6) is 0.444. The van der Waals surface area contributed by atoms with Crippen LogP contribution in [0.15, 0.2) is 48.7 Å². The van der Waals surface area contributed by atoms with E-state index in [4.69, 9.17) is 0 Å². The van der Waals surface area contributed by atoms with E-state index in [1.165, 1.54) is 5.56 Å². The van der Waals surface area contributed by atoms with Gasteiger partial charge in [-0.15, -0.1) is 0 Å². The van der Waals surface area contributed by atoms with Gasteiger partial charge in [0.05, 0.1) is 6.54 Å². The molecule has 0 aliphatic rings. The molecule has 4 nitrogen and oxygen atoms in total. The predicted molar refractivity (Wildman–Crippen MR) is 89.8 cm³/mol. The highest BCUT2D eigenvalue weighted by Crippen LogP contribution is 2.17. The van der Waals surface area contributed by atoms with Crippen LogP contribution in [0.1, 0.15) is 30.5 Å². The van der Waals surface area contributed by atoms with Crippen LogP contribution in [-0.2, 0) is 13.6 Å². The van der Waals surface area contributed by atoms with Gasteiger partial charge in [-0.1, -0.05) is 37.3 Å². The predicted octanol–water partition coefficient (Wildman–Crippen LogP) is 3.36. The fourth-order valence-corrected chi connectivity index (χ4v) is 2.45. The number of carbonyl (C=O) groups excluding carboxylic acids is 1. The van der Waals surface area contributed by atoms with Crippen LogP contribution in [0.4, 0.5) is 4.79 Å². The molecule has 0 bridgehead atoms. The first-order valence-corrected chi connectivity index (χ1v) is 7.72. The zero-order valence-corrected chi connectivity index (χ0v) is 13.6. The first-order chi connectivity index (χ1) is 10.6. The van der Waals surface area contributed by atoms with Crippen LogP contribution >= 0.6 is 0 Å². The number of carbonyl (C=O) groups is 1. The molecule has 118 valence electrons. The van der Waals surface area contributed by atoms with Gasteiger partial charge in [-0.3, -0.25) is 0 Å². The van der Waals surface area contributed by atoms with Gasteiger partial charge in [-0.2, -0.15) is 0 Å². The zero-order valence-electron chi connectivity index (χ0n) is 13.6. The van der Waals surface area contributed by atoms with E-state index < -0.39 is 0 Å². The molecule has 1 aromatic heterocycles. The summed E-state index contributed by atoms with van der Waals surface area (Å²) in [6, 6.07) is 14.4. The summed E-state index contributed by atoms with van der Waals surface area (Å²) in [4.78, 5) is 13.8. The number of nitrogens with zero attached hydrogens (tertiary/aromatic N) is 2. The molecule has 0 radical (unpaired) electrons. The van der Waals surface area contributed by atoms with Crippen molar-refractivity contribution < 1.29 is 4.79 Å². The Bertz CT molecular complexity index is 591. The second-order valence-corrected chi connectivity index (χ2v) is 5.80. The third-order valence-corrected chi connectivity index (χ3v) is 4.02. The maximum atomic E-state index is 12.1. The highest BCUT2D eigenvalue weighted by atomic mass is 16.2. The number of hydrogen-bond donors (Lipinski definition) is 1. The molecular weight excluding hydrogens is 274 g/mol. The standard InChI is InChI=1S/C18H25N3O/c1-15(16-8-5-4-6-9-16)11-12-19-18(22)21(3)14-17-10-7-13-20(17)2/h4-10,13,15H,11-12,14H2,1-3H3,(H,19,22)/t15-/m0/s1. The van der Waals surface area contributed by atoms with E-state index in [0.29, 0.717) is 19.0 Å². The summed E-state index contributed by atoms with van der Waals surface area (Å²) >= 11 is 0. The van der Waals surface area contributed by atoms with Gasteiger partial charge in [0, 0.05) is 32.5 Å². The molecule has 0 saturated carbocycles. The van der Waals surface area contributed by atoms with Crippen molar-refractivity contribution in [2.45, 2.75) is 25.8 Å². The van der Waals surface area contributed by atoms with Crippen LogP contribution in [0.5, 0.6) is 0 Å². The summed E-state index contributed by atoms with van der Waals surface area (Å²) < 4.78 is 2.03. The molecule has 1 atom stereocenters. The number of rotatable bonds is 6. The van der Waals surface area contributed by atoms with Crippen LogP contribution in [0.25, 0.3) is 0 Å². The molecule has 4 heteroatoms. The SMILES string of the molecule is C[C@@H](CCNC(=O)N(C)Cc1cccn1C)c1ccccc1. The summed E-state index contributed by atoms with van der Waals surface area (Å²) in [5.41, 5.74) is 2.43.